The summed E-state index contributed by atoms with van der Waals surface area (Å²) < 4.78 is 0. The summed E-state index contributed by atoms with van der Waals surface area (Å²) in [7, 11) is 0. The summed E-state index contributed by atoms with van der Waals surface area (Å²) in [5.74, 6) is 0.666. The molecule has 3 nitrogen and oxygen atoms in total. The smallest absolute Gasteiger partial charge is 0.223 e. The third kappa shape index (κ3) is 3.60. The molecule has 2 atom stereocenters. The van der Waals surface area contributed by atoms with Gasteiger partial charge in [0.1, 0.15) is 0 Å². The van der Waals surface area contributed by atoms with Crippen LogP contribution in [0.2, 0.25) is 0 Å². The van der Waals surface area contributed by atoms with Crippen LogP contribution in [0.15, 0.2) is 24.3 Å². The molecular formula is C17H26N2O. The van der Waals surface area contributed by atoms with Crippen LogP contribution >= 0.6 is 0 Å². The van der Waals surface area contributed by atoms with E-state index in [2.05, 4.69) is 30.4 Å². The molecular weight excluding hydrogens is 248 g/mol. The van der Waals surface area contributed by atoms with Crippen molar-refractivity contribution in [3.63, 3.8) is 0 Å². The fourth-order valence-corrected chi connectivity index (χ4v) is 3.22. The molecule has 3 heteroatoms. The Labute approximate surface area is 121 Å². The Kier molecular flexibility index (Phi) is 5.60. The standard InChI is InChI=1S/C17H26N2O/c1-2-13-7-3-4-9-15(13)12-19-17(20)16-10-6-5-8-14(16)11-18/h3-4,7,9,14,16H,2,5-6,8,10-12,18H2,1H3,(H,19,20). The van der Waals surface area contributed by atoms with E-state index >= 15 is 0 Å². The second-order valence-corrected chi connectivity index (χ2v) is 5.73. The number of carbonyl (C=O) groups excluding carboxylic acids is 1. The zero-order valence-corrected chi connectivity index (χ0v) is 12.4. The Bertz CT molecular complexity index is 444. The van der Waals surface area contributed by atoms with Crippen molar-refractivity contribution >= 4 is 5.91 Å². The average Bonchev–Trinajstić information content (AvgIpc) is 2.52. The van der Waals surface area contributed by atoms with Gasteiger partial charge in [0.15, 0.2) is 0 Å². The minimum Gasteiger partial charge on any atom is -0.352 e. The lowest BCUT2D eigenvalue weighted by Gasteiger charge is -2.29. The molecule has 0 heterocycles. The summed E-state index contributed by atoms with van der Waals surface area (Å²) in [5.41, 5.74) is 8.34. The third-order valence-corrected chi connectivity index (χ3v) is 4.50. The highest BCUT2D eigenvalue weighted by Crippen LogP contribution is 2.29. The van der Waals surface area contributed by atoms with Crippen molar-refractivity contribution in [3.8, 4) is 0 Å². The largest absolute Gasteiger partial charge is 0.352 e. The molecule has 0 radical (unpaired) electrons. The number of carbonyl (C=O) groups is 1. The summed E-state index contributed by atoms with van der Waals surface area (Å²) in [6, 6.07) is 8.31. The molecule has 3 N–H and O–H groups in total. The van der Waals surface area contributed by atoms with Gasteiger partial charge in [-0.1, -0.05) is 44.0 Å². The van der Waals surface area contributed by atoms with Crippen molar-refractivity contribution in [1.82, 2.24) is 5.32 Å². The van der Waals surface area contributed by atoms with Crippen LogP contribution < -0.4 is 11.1 Å². The Morgan fingerprint density at radius 1 is 1.25 bits per heavy atom. The van der Waals surface area contributed by atoms with Crippen LogP contribution in [0.3, 0.4) is 0 Å². The van der Waals surface area contributed by atoms with Gasteiger partial charge >= 0.3 is 0 Å². The first-order valence-electron chi connectivity index (χ1n) is 7.80. The molecule has 1 fully saturated rings. The maximum atomic E-state index is 12.4. The maximum Gasteiger partial charge on any atom is 0.223 e. The van der Waals surface area contributed by atoms with Crippen molar-refractivity contribution in [2.24, 2.45) is 17.6 Å². The van der Waals surface area contributed by atoms with E-state index in [9.17, 15) is 4.79 Å². The summed E-state index contributed by atoms with van der Waals surface area (Å²) in [5, 5.41) is 3.11. The zero-order chi connectivity index (χ0) is 14.4. The lowest BCUT2D eigenvalue weighted by atomic mass is 9.78. The minimum atomic E-state index is 0.113. The van der Waals surface area contributed by atoms with Crippen LogP contribution in [0.5, 0.6) is 0 Å². The Morgan fingerprint density at radius 2 is 1.95 bits per heavy atom. The van der Waals surface area contributed by atoms with E-state index in [1.807, 2.05) is 6.07 Å². The number of hydrogen-bond donors (Lipinski definition) is 2. The SMILES string of the molecule is CCc1ccccc1CNC(=O)C1CCCCC1CN. The van der Waals surface area contributed by atoms with E-state index in [-0.39, 0.29) is 11.8 Å². The number of aryl methyl sites for hydroxylation is 1. The van der Waals surface area contributed by atoms with E-state index in [0.717, 1.165) is 25.7 Å². The minimum absolute atomic E-state index is 0.113. The van der Waals surface area contributed by atoms with Gasteiger partial charge in [0.05, 0.1) is 0 Å². The van der Waals surface area contributed by atoms with Gasteiger partial charge in [-0.05, 0) is 42.9 Å². The van der Waals surface area contributed by atoms with Gasteiger partial charge in [-0.2, -0.15) is 0 Å². The van der Waals surface area contributed by atoms with Crippen LogP contribution in [0.25, 0.3) is 0 Å². The van der Waals surface area contributed by atoms with Gasteiger partial charge in [-0.25, -0.2) is 0 Å². The van der Waals surface area contributed by atoms with E-state index in [1.165, 1.54) is 17.5 Å². The van der Waals surface area contributed by atoms with E-state index < -0.39 is 0 Å². The van der Waals surface area contributed by atoms with Gasteiger partial charge in [-0.3, -0.25) is 4.79 Å². The van der Waals surface area contributed by atoms with Gasteiger partial charge < -0.3 is 11.1 Å². The Hall–Kier alpha value is -1.35. The number of benzene rings is 1. The zero-order valence-electron chi connectivity index (χ0n) is 12.4. The van der Waals surface area contributed by atoms with Crippen LogP contribution in [-0.2, 0) is 17.8 Å². The van der Waals surface area contributed by atoms with Crippen LogP contribution in [-0.4, -0.2) is 12.5 Å². The molecule has 0 aliphatic heterocycles. The van der Waals surface area contributed by atoms with Gasteiger partial charge in [0.2, 0.25) is 5.91 Å². The van der Waals surface area contributed by atoms with Crippen molar-refractivity contribution in [3.05, 3.63) is 35.4 Å². The van der Waals surface area contributed by atoms with E-state index in [0.29, 0.717) is 19.0 Å². The maximum absolute atomic E-state index is 12.4. The highest BCUT2D eigenvalue weighted by molar-refractivity contribution is 5.79. The number of amides is 1. The van der Waals surface area contributed by atoms with E-state index in [1.54, 1.807) is 0 Å². The number of nitrogens with one attached hydrogen (secondary N) is 1. The molecule has 1 aliphatic carbocycles. The first kappa shape index (κ1) is 15.0. The van der Waals surface area contributed by atoms with Crippen molar-refractivity contribution in [2.75, 3.05) is 6.54 Å². The monoisotopic (exact) mass is 274 g/mol. The summed E-state index contributed by atoms with van der Waals surface area (Å²) >= 11 is 0. The van der Waals surface area contributed by atoms with Gasteiger partial charge in [-0.15, -0.1) is 0 Å². The topological polar surface area (TPSA) is 55.1 Å². The summed E-state index contributed by atoms with van der Waals surface area (Å²) in [4.78, 5) is 12.4. The molecule has 1 saturated carbocycles. The highest BCUT2D eigenvalue weighted by atomic mass is 16.1. The van der Waals surface area contributed by atoms with Crippen molar-refractivity contribution < 1.29 is 4.79 Å². The van der Waals surface area contributed by atoms with E-state index in [4.69, 9.17) is 5.73 Å². The predicted molar refractivity (Wildman–Crippen MR) is 82.2 cm³/mol. The molecule has 0 saturated heterocycles. The van der Waals surface area contributed by atoms with Crippen molar-refractivity contribution in [1.29, 1.82) is 0 Å². The second-order valence-electron chi connectivity index (χ2n) is 5.73. The number of nitrogens with two attached hydrogens (primary N) is 1. The Balaban J connectivity index is 1.94. The second kappa shape index (κ2) is 7.44. The molecule has 1 aliphatic rings. The number of hydrogen-bond acceptors (Lipinski definition) is 2. The van der Waals surface area contributed by atoms with Crippen LogP contribution in [0.4, 0.5) is 0 Å². The molecule has 2 rings (SSSR count). The first-order valence-corrected chi connectivity index (χ1v) is 7.80. The molecule has 1 amide bonds. The molecule has 20 heavy (non-hydrogen) atoms. The molecule has 1 aromatic carbocycles. The van der Waals surface area contributed by atoms with Gasteiger partial charge in [0.25, 0.3) is 0 Å². The fraction of sp³-hybridized carbons (Fsp3) is 0.588. The van der Waals surface area contributed by atoms with Crippen LogP contribution in [0.1, 0.15) is 43.7 Å². The van der Waals surface area contributed by atoms with Gasteiger partial charge in [0, 0.05) is 12.5 Å². The lowest BCUT2D eigenvalue weighted by Crippen LogP contribution is -2.39. The average molecular weight is 274 g/mol. The lowest BCUT2D eigenvalue weighted by molar-refractivity contribution is -0.127. The molecule has 1 aromatic rings. The normalized spacial score (nSPS) is 22.5. The quantitative estimate of drug-likeness (QED) is 0.867. The molecule has 0 aromatic heterocycles. The fourth-order valence-electron chi connectivity index (χ4n) is 3.22. The van der Waals surface area contributed by atoms with Crippen molar-refractivity contribution in [2.45, 2.75) is 45.6 Å². The molecule has 2 unspecified atom stereocenters. The Morgan fingerprint density at radius 3 is 2.65 bits per heavy atom. The summed E-state index contributed by atoms with van der Waals surface area (Å²) in [6.07, 6.45) is 5.45. The molecule has 0 bridgehead atoms. The first-order chi connectivity index (χ1) is 9.76. The third-order valence-electron chi connectivity index (χ3n) is 4.50. The molecule has 0 spiro atoms. The predicted octanol–water partition coefficient (Wildman–Crippen LogP) is 2.63. The number of rotatable bonds is 5. The molecule has 110 valence electrons. The summed E-state index contributed by atoms with van der Waals surface area (Å²) in [6.45, 7) is 3.41. The highest BCUT2D eigenvalue weighted by Gasteiger charge is 2.29. The van der Waals surface area contributed by atoms with Crippen LogP contribution in [0, 0.1) is 11.8 Å².